The van der Waals surface area contributed by atoms with Crippen LogP contribution in [0.3, 0.4) is 0 Å². The lowest BCUT2D eigenvalue weighted by Gasteiger charge is -2.32. The maximum Gasteiger partial charge on any atom is 0.140 e. The van der Waals surface area contributed by atoms with Crippen LogP contribution < -0.4 is 5.32 Å². The van der Waals surface area contributed by atoms with Gasteiger partial charge in [0.1, 0.15) is 5.78 Å². The van der Waals surface area contributed by atoms with Crippen molar-refractivity contribution in [3.63, 3.8) is 0 Å². The number of Topliss-reactive ketones (excluding diaryl/α,β-unsaturated/α-hetero) is 1. The van der Waals surface area contributed by atoms with Crippen LogP contribution in [0.2, 0.25) is 0 Å². The van der Waals surface area contributed by atoms with E-state index in [0.717, 1.165) is 38.8 Å². The lowest BCUT2D eigenvalue weighted by molar-refractivity contribution is -0.128. The minimum absolute atomic E-state index is 0.0678. The quantitative estimate of drug-likeness (QED) is 0.654. The highest BCUT2D eigenvalue weighted by atomic mass is 16.1. The average Bonchev–Trinajstić information content (AvgIpc) is 2.34. The number of piperidine rings is 1. The lowest BCUT2D eigenvalue weighted by Crippen LogP contribution is -2.43. The van der Waals surface area contributed by atoms with Crippen LogP contribution in [0.1, 0.15) is 71.6 Å². The van der Waals surface area contributed by atoms with E-state index in [1.165, 1.54) is 32.1 Å². The first kappa shape index (κ1) is 14.7. The van der Waals surface area contributed by atoms with Crippen LogP contribution in [-0.2, 0) is 4.79 Å². The molecule has 0 saturated carbocycles. The first-order valence-electron chi connectivity index (χ1n) is 7.43. The van der Waals surface area contributed by atoms with Crippen LogP contribution in [-0.4, -0.2) is 18.9 Å². The molecular formula is C15H29NO. The third kappa shape index (κ3) is 5.20. The van der Waals surface area contributed by atoms with Gasteiger partial charge in [-0.25, -0.2) is 0 Å². The van der Waals surface area contributed by atoms with Gasteiger partial charge in [0.2, 0.25) is 0 Å². The van der Waals surface area contributed by atoms with Crippen molar-refractivity contribution in [2.45, 2.75) is 71.6 Å². The van der Waals surface area contributed by atoms with Gasteiger partial charge >= 0.3 is 0 Å². The second-order valence-electron chi connectivity index (χ2n) is 5.78. The summed E-state index contributed by atoms with van der Waals surface area (Å²) < 4.78 is 0. The first-order valence-corrected chi connectivity index (χ1v) is 7.43. The largest absolute Gasteiger partial charge is 0.316 e. The second-order valence-corrected chi connectivity index (χ2v) is 5.78. The molecule has 2 heteroatoms. The van der Waals surface area contributed by atoms with Crippen molar-refractivity contribution >= 4 is 5.78 Å². The summed E-state index contributed by atoms with van der Waals surface area (Å²) in [6.07, 6.45) is 10.6. The molecule has 17 heavy (non-hydrogen) atoms. The first-order chi connectivity index (χ1) is 8.19. The van der Waals surface area contributed by atoms with Crippen molar-refractivity contribution < 1.29 is 4.79 Å². The minimum atomic E-state index is -0.0678. The van der Waals surface area contributed by atoms with Crippen LogP contribution >= 0.6 is 0 Å². The molecule has 0 radical (unpaired) electrons. The van der Waals surface area contributed by atoms with E-state index in [-0.39, 0.29) is 5.41 Å². The molecule has 1 heterocycles. The molecule has 1 N–H and O–H groups in total. The molecule has 1 rings (SSSR count). The van der Waals surface area contributed by atoms with E-state index in [1.54, 1.807) is 0 Å². The molecule has 1 unspecified atom stereocenters. The van der Waals surface area contributed by atoms with Gasteiger partial charge in [-0.05, 0) is 25.8 Å². The van der Waals surface area contributed by atoms with Gasteiger partial charge in [0.25, 0.3) is 0 Å². The average molecular weight is 239 g/mol. The van der Waals surface area contributed by atoms with Crippen molar-refractivity contribution in [3.8, 4) is 0 Å². The van der Waals surface area contributed by atoms with Gasteiger partial charge in [0, 0.05) is 18.4 Å². The Balaban J connectivity index is 2.11. The predicted octanol–water partition coefficient (Wildman–Crippen LogP) is 3.70. The molecule has 1 atom stereocenters. The SMILES string of the molecule is CCCCCCCCC(=O)C1(C)CCCNC1. The van der Waals surface area contributed by atoms with E-state index in [9.17, 15) is 4.79 Å². The van der Waals surface area contributed by atoms with E-state index in [2.05, 4.69) is 19.2 Å². The molecule has 100 valence electrons. The monoisotopic (exact) mass is 239 g/mol. The summed E-state index contributed by atoms with van der Waals surface area (Å²) in [5, 5.41) is 3.35. The van der Waals surface area contributed by atoms with Crippen molar-refractivity contribution in [3.05, 3.63) is 0 Å². The summed E-state index contributed by atoms with van der Waals surface area (Å²) in [7, 11) is 0. The Hall–Kier alpha value is -0.370. The highest BCUT2D eigenvalue weighted by Crippen LogP contribution is 2.28. The number of hydrogen-bond donors (Lipinski definition) is 1. The molecule has 0 spiro atoms. The summed E-state index contributed by atoms with van der Waals surface area (Å²) in [6.45, 7) is 6.35. The van der Waals surface area contributed by atoms with Gasteiger partial charge in [-0.3, -0.25) is 4.79 Å². The fraction of sp³-hybridized carbons (Fsp3) is 0.933. The Labute approximate surface area is 107 Å². The summed E-state index contributed by atoms with van der Waals surface area (Å²) in [6, 6.07) is 0. The molecule has 1 fully saturated rings. The smallest absolute Gasteiger partial charge is 0.140 e. The van der Waals surface area contributed by atoms with Crippen molar-refractivity contribution in [1.29, 1.82) is 0 Å². The number of nitrogens with one attached hydrogen (secondary N) is 1. The molecular weight excluding hydrogens is 210 g/mol. The Morgan fingerprint density at radius 3 is 2.53 bits per heavy atom. The molecule has 0 bridgehead atoms. The minimum Gasteiger partial charge on any atom is -0.316 e. The number of unbranched alkanes of at least 4 members (excludes halogenated alkanes) is 5. The molecule has 0 aliphatic carbocycles. The van der Waals surface area contributed by atoms with Gasteiger partial charge in [-0.1, -0.05) is 46.0 Å². The summed E-state index contributed by atoms with van der Waals surface area (Å²) >= 11 is 0. The molecule has 1 aliphatic rings. The van der Waals surface area contributed by atoms with E-state index in [1.807, 2.05) is 0 Å². The maximum atomic E-state index is 12.2. The standard InChI is InChI=1S/C15H29NO/c1-3-4-5-6-7-8-10-14(17)15(2)11-9-12-16-13-15/h16H,3-13H2,1-2H3. The van der Waals surface area contributed by atoms with Crippen LogP contribution in [0.4, 0.5) is 0 Å². The van der Waals surface area contributed by atoms with E-state index < -0.39 is 0 Å². The van der Waals surface area contributed by atoms with Crippen LogP contribution in [0, 0.1) is 5.41 Å². The summed E-state index contributed by atoms with van der Waals surface area (Å²) in [5.74, 6) is 0.486. The molecule has 0 aromatic carbocycles. The molecule has 1 saturated heterocycles. The molecule has 2 nitrogen and oxygen atoms in total. The highest BCUT2D eigenvalue weighted by molar-refractivity contribution is 5.84. The third-order valence-corrected chi connectivity index (χ3v) is 4.03. The lowest BCUT2D eigenvalue weighted by atomic mass is 9.77. The predicted molar refractivity (Wildman–Crippen MR) is 73.2 cm³/mol. The Kier molecular flexibility index (Phi) is 6.79. The Morgan fingerprint density at radius 1 is 1.18 bits per heavy atom. The van der Waals surface area contributed by atoms with Crippen molar-refractivity contribution in [2.24, 2.45) is 5.41 Å². The zero-order valence-electron chi connectivity index (χ0n) is 11.7. The summed E-state index contributed by atoms with van der Waals surface area (Å²) in [5.41, 5.74) is -0.0678. The van der Waals surface area contributed by atoms with Crippen molar-refractivity contribution in [2.75, 3.05) is 13.1 Å². The van der Waals surface area contributed by atoms with Crippen LogP contribution in [0.15, 0.2) is 0 Å². The number of carbonyl (C=O) groups is 1. The van der Waals surface area contributed by atoms with E-state index >= 15 is 0 Å². The van der Waals surface area contributed by atoms with Gasteiger partial charge in [-0.15, -0.1) is 0 Å². The number of hydrogen-bond acceptors (Lipinski definition) is 2. The van der Waals surface area contributed by atoms with Gasteiger partial charge in [-0.2, -0.15) is 0 Å². The Bertz CT molecular complexity index is 219. The Morgan fingerprint density at radius 2 is 1.88 bits per heavy atom. The third-order valence-electron chi connectivity index (χ3n) is 4.03. The fourth-order valence-electron chi connectivity index (χ4n) is 2.66. The summed E-state index contributed by atoms with van der Waals surface area (Å²) in [4.78, 5) is 12.2. The highest BCUT2D eigenvalue weighted by Gasteiger charge is 2.33. The van der Waals surface area contributed by atoms with Gasteiger partial charge in [0.05, 0.1) is 0 Å². The molecule has 1 aliphatic heterocycles. The van der Waals surface area contributed by atoms with E-state index in [0.29, 0.717) is 5.78 Å². The topological polar surface area (TPSA) is 29.1 Å². The zero-order chi connectivity index (χ0) is 12.6. The number of ketones is 1. The molecule has 0 amide bonds. The molecule has 0 aromatic heterocycles. The fourth-order valence-corrected chi connectivity index (χ4v) is 2.66. The zero-order valence-corrected chi connectivity index (χ0v) is 11.7. The van der Waals surface area contributed by atoms with Crippen LogP contribution in [0.25, 0.3) is 0 Å². The number of carbonyl (C=O) groups excluding carboxylic acids is 1. The van der Waals surface area contributed by atoms with Gasteiger partial charge < -0.3 is 5.32 Å². The normalized spacial score (nSPS) is 24.8. The number of rotatable bonds is 8. The van der Waals surface area contributed by atoms with Crippen LogP contribution in [0.5, 0.6) is 0 Å². The van der Waals surface area contributed by atoms with E-state index in [4.69, 9.17) is 0 Å². The second kappa shape index (κ2) is 7.86. The maximum absolute atomic E-state index is 12.2. The van der Waals surface area contributed by atoms with Crippen molar-refractivity contribution in [1.82, 2.24) is 5.32 Å². The van der Waals surface area contributed by atoms with Gasteiger partial charge in [0.15, 0.2) is 0 Å². The molecule has 0 aromatic rings.